The molecule has 0 radical (unpaired) electrons. The maximum atomic E-state index is 5.67. The van der Waals surface area contributed by atoms with E-state index >= 15 is 0 Å². The van der Waals surface area contributed by atoms with Crippen molar-refractivity contribution in [1.82, 2.24) is 5.32 Å². The minimum absolute atomic E-state index is 0.422. The number of hydrogen-bond donors (Lipinski definition) is 1. The van der Waals surface area contributed by atoms with Gasteiger partial charge in [-0.3, -0.25) is 0 Å². The third kappa shape index (κ3) is 3.93. The van der Waals surface area contributed by atoms with Gasteiger partial charge >= 0.3 is 0 Å². The standard InChI is InChI=1S/C11H21NOS/c1-3-12-10(9-14-4-2)11-7-5-6-8-13-11/h7,10,12H,3-6,8-9H2,1-2H3. The van der Waals surface area contributed by atoms with Gasteiger partial charge in [-0.05, 0) is 31.2 Å². The second kappa shape index (κ2) is 7.18. The highest BCUT2D eigenvalue weighted by molar-refractivity contribution is 7.99. The Morgan fingerprint density at radius 2 is 2.43 bits per heavy atom. The maximum Gasteiger partial charge on any atom is 0.110 e. The molecule has 14 heavy (non-hydrogen) atoms. The van der Waals surface area contributed by atoms with Gasteiger partial charge in [0, 0.05) is 5.75 Å². The van der Waals surface area contributed by atoms with E-state index in [2.05, 4.69) is 25.2 Å². The second-order valence-electron chi connectivity index (χ2n) is 3.37. The highest BCUT2D eigenvalue weighted by atomic mass is 32.2. The van der Waals surface area contributed by atoms with Crippen molar-refractivity contribution in [3.8, 4) is 0 Å². The molecular weight excluding hydrogens is 194 g/mol. The fraction of sp³-hybridized carbons (Fsp3) is 0.818. The number of hydrogen-bond acceptors (Lipinski definition) is 3. The van der Waals surface area contributed by atoms with E-state index in [0.717, 1.165) is 18.9 Å². The highest BCUT2D eigenvalue weighted by Gasteiger charge is 2.16. The lowest BCUT2D eigenvalue weighted by molar-refractivity contribution is 0.172. The van der Waals surface area contributed by atoms with Crippen molar-refractivity contribution in [2.24, 2.45) is 0 Å². The van der Waals surface area contributed by atoms with Gasteiger partial charge in [-0.2, -0.15) is 11.8 Å². The number of thioether (sulfide) groups is 1. The second-order valence-corrected chi connectivity index (χ2v) is 4.69. The summed E-state index contributed by atoms with van der Waals surface area (Å²) in [7, 11) is 0. The Labute approximate surface area is 91.5 Å². The monoisotopic (exact) mass is 215 g/mol. The van der Waals surface area contributed by atoms with Gasteiger partial charge in [0.2, 0.25) is 0 Å². The molecule has 0 aliphatic carbocycles. The Morgan fingerprint density at radius 3 is 3.00 bits per heavy atom. The van der Waals surface area contributed by atoms with E-state index in [9.17, 15) is 0 Å². The van der Waals surface area contributed by atoms with Crippen LogP contribution in [0.5, 0.6) is 0 Å². The first-order chi connectivity index (χ1) is 6.88. The minimum atomic E-state index is 0.422. The average molecular weight is 215 g/mol. The summed E-state index contributed by atoms with van der Waals surface area (Å²) in [5.74, 6) is 3.46. The van der Waals surface area contributed by atoms with E-state index in [0.29, 0.717) is 6.04 Å². The molecule has 0 spiro atoms. The van der Waals surface area contributed by atoms with Crippen LogP contribution in [0, 0.1) is 0 Å². The molecule has 0 amide bonds. The fourth-order valence-corrected chi connectivity index (χ4v) is 2.30. The van der Waals surface area contributed by atoms with Gasteiger partial charge in [-0.1, -0.05) is 13.8 Å². The first kappa shape index (κ1) is 11.9. The van der Waals surface area contributed by atoms with Crippen LogP contribution in [-0.4, -0.2) is 30.7 Å². The smallest absolute Gasteiger partial charge is 0.110 e. The average Bonchev–Trinajstić information content (AvgIpc) is 2.25. The first-order valence-corrected chi connectivity index (χ1v) is 6.68. The predicted octanol–water partition coefficient (Wildman–Crippen LogP) is 2.41. The summed E-state index contributed by atoms with van der Waals surface area (Å²) in [6.07, 6.45) is 4.59. The van der Waals surface area contributed by atoms with Crippen molar-refractivity contribution in [2.75, 3.05) is 24.7 Å². The topological polar surface area (TPSA) is 21.3 Å². The number of likely N-dealkylation sites (N-methyl/N-ethyl adjacent to an activating group) is 1. The van der Waals surface area contributed by atoms with E-state index in [1.165, 1.54) is 24.4 Å². The molecular formula is C11H21NOS. The summed E-state index contributed by atoms with van der Waals surface area (Å²) in [6.45, 7) is 6.25. The number of rotatable bonds is 6. The molecule has 1 aliphatic heterocycles. The van der Waals surface area contributed by atoms with Gasteiger partial charge in [-0.15, -0.1) is 0 Å². The lowest BCUT2D eigenvalue weighted by Crippen LogP contribution is -2.35. The van der Waals surface area contributed by atoms with Gasteiger partial charge < -0.3 is 10.1 Å². The zero-order valence-corrected chi connectivity index (χ0v) is 10.0. The van der Waals surface area contributed by atoms with E-state index in [4.69, 9.17) is 4.74 Å². The summed E-state index contributed by atoms with van der Waals surface area (Å²) in [5, 5.41) is 3.47. The molecule has 3 heteroatoms. The first-order valence-electron chi connectivity index (χ1n) is 5.52. The van der Waals surface area contributed by atoms with Crippen LogP contribution < -0.4 is 5.32 Å². The zero-order chi connectivity index (χ0) is 10.2. The van der Waals surface area contributed by atoms with Crippen LogP contribution in [0.4, 0.5) is 0 Å². The predicted molar refractivity (Wildman–Crippen MR) is 63.7 cm³/mol. The van der Waals surface area contributed by atoms with Crippen molar-refractivity contribution >= 4 is 11.8 Å². The molecule has 0 saturated heterocycles. The van der Waals surface area contributed by atoms with Gasteiger partial charge in [0.05, 0.1) is 12.6 Å². The fourth-order valence-electron chi connectivity index (χ4n) is 1.54. The van der Waals surface area contributed by atoms with E-state index in [1.54, 1.807) is 0 Å². The summed E-state index contributed by atoms with van der Waals surface area (Å²) >= 11 is 1.97. The quantitative estimate of drug-likeness (QED) is 0.735. The van der Waals surface area contributed by atoms with Gasteiger partial charge in [0.15, 0.2) is 0 Å². The zero-order valence-electron chi connectivity index (χ0n) is 9.21. The third-order valence-corrected chi connectivity index (χ3v) is 3.22. The molecule has 0 bridgehead atoms. The molecule has 0 aromatic rings. The lowest BCUT2D eigenvalue weighted by atomic mass is 10.1. The van der Waals surface area contributed by atoms with Gasteiger partial charge in [0.25, 0.3) is 0 Å². The van der Waals surface area contributed by atoms with Crippen molar-refractivity contribution < 1.29 is 4.74 Å². The van der Waals surface area contributed by atoms with Crippen LogP contribution >= 0.6 is 11.8 Å². The third-order valence-electron chi connectivity index (χ3n) is 2.25. The number of nitrogens with one attached hydrogen (secondary N) is 1. The summed E-state index contributed by atoms with van der Waals surface area (Å²) < 4.78 is 5.67. The van der Waals surface area contributed by atoms with Crippen molar-refractivity contribution in [3.05, 3.63) is 11.8 Å². The van der Waals surface area contributed by atoms with Gasteiger partial charge in [0.1, 0.15) is 5.76 Å². The van der Waals surface area contributed by atoms with Crippen molar-refractivity contribution in [2.45, 2.75) is 32.7 Å². The maximum absolute atomic E-state index is 5.67. The summed E-state index contributed by atoms with van der Waals surface area (Å²) in [5.41, 5.74) is 0. The molecule has 1 unspecified atom stereocenters. The molecule has 0 fully saturated rings. The van der Waals surface area contributed by atoms with E-state index < -0.39 is 0 Å². The van der Waals surface area contributed by atoms with E-state index in [1.807, 2.05) is 11.8 Å². The van der Waals surface area contributed by atoms with Crippen LogP contribution in [0.25, 0.3) is 0 Å². The molecule has 0 aromatic carbocycles. The molecule has 1 heterocycles. The largest absolute Gasteiger partial charge is 0.497 e. The highest BCUT2D eigenvalue weighted by Crippen LogP contribution is 2.16. The van der Waals surface area contributed by atoms with Gasteiger partial charge in [-0.25, -0.2) is 0 Å². The Hall–Kier alpha value is -0.150. The normalized spacial score (nSPS) is 18.6. The van der Waals surface area contributed by atoms with Crippen LogP contribution in [0.3, 0.4) is 0 Å². The Morgan fingerprint density at radius 1 is 1.57 bits per heavy atom. The molecule has 1 N–H and O–H groups in total. The Bertz CT molecular complexity index is 182. The summed E-state index contributed by atoms with van der Waals surface area (Å²) in [4.78, 5) is 0. The van der Waals surface area contributed by atoms with Crippen LogP contribution in [0.1, 0.15) is 26.7 Å². The summed E-state index contributed by atoms with van der Waals surface area (Å²) in [6, 6.07) is 0.422. The molecule has 82 valence electrons. The van der Waals surface area contributed by atoms with Crippen molar-refractivity contribution in [1.29, 1.82) is 0 Å². The molecule has 0 aromatic heterocycles. The molecule has 1 aliphatic rings. The lowest BCUT2D eigenvalue weighted by Gasteiger charge is -2.24. The Balaban J connectivity index is 2.42. The minimum Gasteiger partial charge on any atom is -0.497 e. The molecule has 2 nitrogen and oxygen atoms in total. The molecule has 1 rings (SSSR count). The van der Waals surface area contributed by atoms with Crippen molar-refractivity contribution in [3.63, 3.8) is 0 Å². The Kier molecular flexibility index (Phi) is 6.12. The van der Waals surface area contributed by atoms with Crippen LogP contribution in [0.2, 0.25) is 0 Å². The molecule has 0 saturated carbocycles. The van der Waals surface area contributed by atoms with E-state index in [-0.39, 0.29) is 0 Å². The van der Waals surface area contributed by atoms with Crippen LogP contribution in [-0.2, 0) is 4.74 Å². The number of allylic oxidation sites excluding steroid dienone is 1. The molecule has 1 atom stereocenters. The van der Waals surface area contributed by atoms with Crippen LogP contribution in [0.15, 0.2) is 11.8 Å². The number of ether oxygens (including phenoxy) is 1. The SMILES string of the molecule is CCNC(CSCC)C1=CCCCO1.